The van der Waals surface area contributed by atoms with Crippen molar-refractivity contribution < 1.29 is 13.2 Å². The number of amides is 1. The molecular weight excluding hydrogens is 670 g/mol. The predicted octanol–water partition coefficient (Wildman–Crippen LogP) is 6.48. The summed E-state index contributed by atoms with van der Waals surface area (Å²) >= 11 is 6.03. The Kier molecular flexibility index (Phi) is 9.76. The molecule has 3 N–H and O–H groups in total. The molecule has 1 aliphatic heterocycles. The first kappa shape index (κ1) is 34.4. The van der Waals surface area contributed by atoms with Crippen molar-refractivity contribution in [3.05, 3.63) is 182 Å². The normalized spacial score (nSPS) is 14.7. The lowest BCUT2D eigenvalue weighted by Gasteiger charge is -2.47. The number of aryl methyl sites for hydroxylation is 1. The third kappa shape index (κ3) is 6.72. The predicted molar refractivity (Wildman–Crippen MR) is 199 cm³/mol. The second kappa shape index (κ2) is 14.2. The van der Waals surface area contributed by atoms with E-state index in [2.05, 4.69) is 26.5 Å². The molecular formula is C39H36ClN5O4S. The smallest absolute Gasteiger partial charge is 0.273 e. The van der Waals surface area contributed by atoms with Gasteiger partial charge in [-0.05, 0) is 59.9 Å². The van der Waals surface area contributed by atoms with E-state index >= 15 is 0 Å². The van der Waals surface area contributed by atoms with Gasteiger partial charge >= 0.3 is 0 Å². The van der Waals surface area contributed by atoms with E-state index in [9.17, 15) is 18.0 Å². The highest BCUT2D eigenvalue weighted by Crippen LogP contribution is 2.47. The molecule has 11 heteroatoms. The highest BCUT2D eigenvalue weighted by Gasteiger charge is 2.49. The fourth-order valence-corrected chi connectivity index (χ4v) is 7.86. The Bertz CT molecular complexity index is 2180. The fourth-order valence-electron chi connectivity index (χ4n) is 6.51. The second-order valence-corrected chi connectivity index (χ2v) is 14.3. The third-order valence-corrected chi connectivity index (χ3v) is 10.3. The van der Waals surface area contributed by atoms with Gasteiger partial charge in [0.15, 0.2) is 0 Å². The molecule has 1 atom stereocenters. The van der Waals surface area contributed by atoms with Crippen LogP contribution in [0.2, 0.25) is 5.02 Å². The van der Waals surface area contributed by atoms with Crippen LogP contribution in [0.15, 0.2) is 137 Å². The standard InChI is InChI=1S/C39H36ClN5O4S/c1-26-22-35(36(38(47)42-26)44-50(48,49)24-30-16-20-34(40)21-17-30)37-43-27(2)28(3)45(37)39(31-10-6-4-7-11-31,32-12-8-5-9-13-32)33-18-14-29(15-19-33)23-41-25-46/h4-22,25,28,44H,2,23-24H2,1,3H3,(H,41,46)(H,42,47). The van der Waals surface area contributed by atoms with Crippen molar-refractivity contribution in [1.29, 1.82) is 0 Å². The van der Waals surface area contributed by atoms with Crippen molar-refractivity contribution in [3.8, 4) is 0 Å². The lowest BCUT2D eigenvalue weighted by Crippen LogP contribution is -2.53. The summed E-state index contributed by atoms with van der Waals surface area (Å²) in [6.07, 6.45) is 0.664. The number of amidine groups is 1. The second-order valence-electron chi connectivity index (χ2n) is 12.2. The van der Waals surface area contributed by atoms with Crippen molar-refractivity contribution >= 4 is 39.6 Å². The number of hydrogen-bond acceptors (Lipinski definition) is 6. The number of halogens is 1. The molecule has 0 spiro atoms. The summed E-state index contributed by atoms with van der Waals surface area (Å²) in [6, 6.07) is 35.7. The van der Waals surface area contributed by atoms with E-state index < -0.39 is 27.2 Å². The number of sulfonamides is 1. The SMILES string of the molecule is C=C1N=C(c2cc(C)[nH]c(=O)c2NS(=O)(=O)Cc2ccc(Cl)cc2)N(C(c2ccccc2)(c2ccccc2)c2ccc(CNC=O)cc2)C1C. The van der Waals surface area contributed by atoms with Crippen LogP contribution in [-0.2, 0) is 32.7 Å². The quantitative estimate of drug-likeness (QED) is 0.101. The van der Waals surface area contributed by atoms with Crippen LogP contribution in [0.5, 0.6) is 0 Å². The molecule has 9 nitrogen and oxygen atoms in total. The summed E-state index contributed by atoms with van der Waals surface area (Å²) < 4.78 is 29.9. The van der Waals surface area contributed by atoms with Gasteiger partial charge in [0.05, 0.1) is 17.5 Å². The molecule has 0 saturated heterocycles. The Hall–Kier alpha value is -5.45. The number of rotatable bonds is 12. The number of aromatic amines is 1. The average Bonchev–Trinajstić information content (AvgIpc) is 3.41. The average molecular weight is 706 g/mol. The van der Waals surface area contributed by atoms with E-state index in [1.165, 1.54) is 0 Å². The fraction of sp³-hybridized carbons (Fsp3) is 0.154. The van der Waals surface area contributed by atoms with E-state index in [1.54, 1.807) is 37.3 Å². The first-order valence-corrected chi connectivity index (χ1v) is 18.0. The molecule has 50 heavy (non-hydrogen) atoms. The topological polar surface area (TPSA) is 124 Å². The van der Waals surface area contributed by atoms with Gasteiger partial charge in [0, 0.05) is 22.8 Å². The zero-order chi connectivity index (χ0) is 35.5. The Balaban J connectivity index is 1.58. The van der Waals surface area contributed by atoms with Gasteiger partial charge in [0.25, 0.3) is 5.56 Å². The van der Waals surface area contributed by atoms with Crippen molar-refractivity contribution in [2.45, 2.75) is 37.7 Å². The highest BCUT2D eigenvalue weighted by atomic mass is 35.5. The van der Waals surface area contributed by atoms with Crippen LogP contribution in [0.25, 0.3) is 0 Å². The number of carbonyl (C=O) groups excluding carboxylic acids is 1. The molecule has 5 aromatic rings. The van der Waals surface area contributed by atoms with Gasteiger partial charge in [-0.2, -0.15) is 0 Å². The summed E-state index contributed by atoms with van der Waals surface area (Å²) in [5.74, 6) is -0.000216. The third-order valence-electron chi connectivity index (χ3n) is 8.79. The van der Waals surface area contributed by atoms with Crippen LogP contribution in [-0.4, -0.2) is 36.6 Å². The van der Waals surface area contributed by atoms with Gasteiger partial charge in [-0.3, -0.25) is 14.3 Å². The molecule has 4 aromatic carbocycles. The highest BCUT2D eigenvalue weighted by molar-refractivity contribution is 7.91. The van der Waals surface area contributed by atoms with Gasteiger partial charge in [0.2, 0.25) is 16.4 Å². The van der Waals surface area contributed by atoms with Crippen LogP contribution in [0, 0.1) is 6.92 Å². The first-order valence-electron chi connectivity index (χ1n) is 16.0. The van der Waals surface area contributed by atoms with E-state index in [1.807, 2.05) is 91.9 Å². The number of anilines is 1. The summed E-state index contributed by atoms with van der Waals surface area (Å²) in [5.41, 5.74) is 3.67. The number of carbonyl (C=O) groups is 1. The molecule has 0 radical (unpaired) electrons. The van der Waals surface area contributed by atoms with Crippen LogP contribution in [0.4, 0.5) is 5.69 Å². The van der Waals surface area contributed by atoms with Crippen molar-refractivity contribution in [2.24, 2.45) is 4.99 Å². The molecule has 2 heterocycles. The zero-order valence-corrected chi connectivity index (χ0v) is 29.1. The van der Waals surface area contributed by atoms with Gasteiger partial charge in [0.1, 0.15) is 17.1 Å². The Morgan fingerprint density at radius 2 is 1.46 bits per heavy atom. The van der Waals surface area contributed by atoms with E-state index in [0.717, 1.165) is 22.3 Å². The van der Waals surface area contributed by atoms with Crippen molar-refractivity contribution in [3.63, 3.8) is 0 Å². The summed E-state index contributed by atoms with van der Waals surface area (Å²) in [4.78, 5) is 34.6. The molecule has 0 fully saturated rings. The number of nitrogens with zero attached hydrogens (tertiary/aromatic N) is 2. The molecule has 1 aliphatic rings. The lowest BCUT2D eigenvalue weighted by molar-refractivity contribution is -0.109. The maximum Gasteiger partial charge on any atom is 0.273 e. The number of aliphatic imine (C=N–C) groups is 1. The van der Waals surface area contributed by atoms with E-state index in [4.69, 9.17) is 16.6 Å². The number of nitrogens with one attached hydrogen (secondary N) is 3. The minimum absolute atomic E-state index is 0.152. The molecule has 1 aromatic heterocycles. The number of hydrogen-bond donors (Lipinski definition) is 3. The number of aromatic nitrogens is 1. The molecule has 6 rings (SSSR count). The molecule has 0 bridgehead atoms. The monoisotopic (exact) mass is 705 g/mol. The van der Waals surface area contributed by atoms with Crippen LogP contribution >= 0.6 is 11.6 Å². The molecule has 254 valence electrons. The van der Waals surface area contributed by atoms with Crippen molar-refractivity contribution in [1.82, 2.24) is 15.2 Å². The lowest BCUT2D eigenvalue weighted by atomic mass is 9.74. The minimum atomic E-state index is -4.08. The van der Waals surface area contributed by atoms with Gasteiger partial charge < -0.3 is 15.2 Å². The Morgan fingerprint density at radius 3 is 2.04 bits per heavy atom. The molecule has 0 aliphatic carbocycles. The largest absolute Gasteiger partial charge is 0.355 e. The zero-order valence-electron chi connectivity index (χ0n) is 27.6. The minimum Gasteiger partial charge on any atom is -0.355 e. The van der Waals surface area contributed by atoms with Gasteiger partial charge in [-0.25, -0.2) is 13.4 Å². The first-order chi connectivity index (χ1) is 24.0. The Morgan fingerprint density at radius 1 is 0.900 bits per heavy atom. The summed E-state index contributed by atoms with van der Waals surface area (Å²) in [6.45, 7) is 8.40. The van der Waals surface area contributed by atoms with Crippen molar-refractivity contribution in [2.75, 3.05) is 4.72 Å². The molecule has 1 amide bonds. The van der Waals surface area contributed by atoms with Gasteiger partial charge in [-0.1, -0.05) is 115 Å². The molecule has 1 unspecified atom stereocenters. The van der Waals surface area contributed by atoms with Gasteiger partial charge in [-0.15, -0.1) is 0 Å². The van der Waals surface area contributed by atoms with Crippen LogP contribution < -0.4 is 15.6 Å². The number of H-pyrrole nitrogens is 1. The van der Waals surface area contributed by atoms with Crippen LogP contribution in [0.1, 0.15) is 46.0 Å². The van der Waals surface area contributed by atoms with Crippen LogP contribution in [0.3, 0.4) is 0 Å². The maximum atomic E-state index is 13.7. The summed E-state index contributed by atoms with van der Waals surface area (Å²) in [5, 5.41) is 3.20. The summed E-state index contributed by atoms with van der Waals surface area (Å²) in [7, 11) is -4.08. The van der Waals surface area contributed by atoms with E-state index in [0.29, 0.717) is 46.3 Å². The molecule has 0 saturated carbocycles. The number of pyridine rings is 1. The number of benzene rings is 4. The maximum absolute atomic E-state index is 13.7. The van der Waals surface area contributed by atoms with E-state index in [-0.39, 0.29) is 11.4 Å². The Labute approximate surface area is 296 Å².